The zero-order valence-electron chi connectivity index (χ0n) is 8.56. The van der Waals surface area contributed by atoms with E-state index in [0.29, 0.717) is 18.7 Å². The Balaban J connectivity index is 2.89. The minimum Gasteiger partial charge on any atom is -0.395 e. The van der Waals surface area contributed by atoms with E-state index in [9.17, 15) is 0 Å². The van der Waals surface area contributed by atoms with Gasteiger partial charge in [0.05, 0.1) is 18.2 Å². The van der Waals surface area contributed by atoms with Gasteiger partial charge in [-0.3, -0.25) is 0 Å². The second-order valence-electron chi connectivity index (χ2n) is 3.12. The van der Waals surface area contributed by atoms with Crippen molar-refractivity contribution in [2.75, 3.05) is 24.6 Å². The highest BCUT2D eigenvalue weighted by Gasteiger charge is 2.04. The van der Waals surface area contributed by atoms with E-state index < -0.39 is 0 Å². The molecule has 0 saturated carbocycles. The quantitative estimate of drug-likeness (QED) is 0.737. The summed E-state index contributed by atoms with van der Waals surface area (Å²) in [5.41, 5.74) is 1.56. The van der Waals surface area contributed by atoms with Crippen LogP contribution in [-0.2, 0) is 0 Å². The maximum absolute atomic E-state index is 8.91. The van der Waals surface area contributed by atoms with E-state index >= 15 is 0 Å². The lowest BCUT2D eigenvalue weighted by molar-refractivity contribution is 0.303. The van der Waals surface area contributed by atoms with Crippen LogP contribution < -0.4 is 4.90 Å². The number of nitrogens with zero attached hydrogens (tertiary/aromatic N) is 2. The molecular weight excluding hydrogens is 188 g/mol. The van der Waals surface area contributed by atoms with Gasteiger partial charge in [0.1, 0.15) is 0 Å². The number of aliphatic hydroxyl groups excluding tert-OH is 1. The van der Waals surface area contributed by atoms with Gasteiger partial charge in [-0.25, -0.2) is 0 Å². The molecule has 0 saturated heterocycles. The fraction of sp³-hybridized carbons (Fsp3) is 0.250. The molecule has 15 heavy (non-hydrogen) atoms. The van der Waals surface area contributed by atoms with Gasteiger partial charge < -0.3 is 10.0 Å². The van der Waals surface area contributed by atoms with Crippen LogP contribution in [0, 0.1) is 11.3 Å². The summed E-state index contributed by atoms with van der Waals surface area (Å²) in [4.78, 5) is 1.97. The lowest BCUT2D eigenvalue weighted by Gasteiger charge is -2.22. The van der Waals surface area contributed by atoms with Crippen LogP contribution in [-0.4, -0.2) is 24.8 Å². The zero-order chi connectivity index (χ0) is 11.1. The van der Waals surface area contributed by atoms with Gasteiger partial charge in [0, 0.05) is 18.8 Å². The first-order valence-electron chi connectivity index (χ1n) is 4.78. The molecule has 0 unspecified atom stereocenters. The minimum absolute atomic E-state index is 0.0879. The molecule has 1 aromatic rings. The van der Waals surface area contributed by atoms with Crippen LogP contribution in [0.25, 0.3) is 0 Å². The smallest absolute Gasteiger partial charge is 0.0992 e. The molecule has 0 fully saturated rings. The SMILES string of the molecule is C=CCN(CCO)c1cccc(C#N)c1. The van der Waals surface area contributed by atoms with E-state index in [1.54, 1.807) is 18.2 Å². The average Bonchev–Trinajstić information content (AvgIpc) is 2.29. The first-order chi connectivity index (χ1) is 7.31. The molecule has 0 aromatic heterocycles. The summed E-state index contributed by atoms with van der Waals surface area (Å²) >= 11 is 0. The highest BCUT2D eigenvalue weighted by molar-refractivity contribution is 5.51. The number of hydrogen-bond acceptors (Lipinski definition) is 3. The van der Waals surface area contributed by atoms with Crippen molar-refractivity contribution in [1.82, 2.24) is 0 Å². The third-order valence-corrected chi connectivity index (χ3v) is 2.06. The van der Waals surface area contributed by atoms with Gasteiger partial charge in [0.25, 0.3) is 0 Å². The van der Waals surface area contributed by atoms with E-state index in [0.717, 1.165) is 5.69 Å². The molecule has 0 amide bonds. The molecule has 78 valence electrons. The van der Waals surface area contributed by atoms with Gasteiger partial charge in [-0.05, 0) is 18.2 Å². The largest absolute Gasteiger partial charge is 0.395 e. The summed E-state index contributed by atoms with van der Waals surface area (Å²) in [6.07, 6.45) is 1.77. The predicted molar refractivity (Wildman–Crippen MR) is 60.7 cm³/mol. The second-order valence-corrected chi connectivity index (χ2v) is 3.12. The molecule has 0 radical (unpaired) electrons. The molecule has 0 atom stereocenters. The number of nitriles is 1. The van der Waals surface area contributed by atoms with Crippen molar-refractivity contribution in [3.63, 3.8) is 0 Å². The Hall–Kier alpha value is -1.79. The Morgan fingerprint density at radius 2 is 2.33 bits per heavy atom. The Bertz CT molecular complexity index is 368. The summed E-state index contributed by atoms with van der Waals surface area (Å²) in [5.74, 6) is 0. The maximum atomic E-state index is 8.91. The molecule has 0 heterocycles. The van der Waals surface area contributed by atoms with E-state index in [-0.39, 0.29) is 6.61 Å². The Morgan fingerprint density at radius 3 is 2.93 bits per heavy atom. The van der Waals surface area contributed by atoms with Crippen LogP contribution in [0.3, 0.4) is 0 Å². The molecule has 3 heteroatoms. The van der Waals surface area contributed by atoms with Crippen LogP contribution in [0.15, 0.2) is 36.9 Å². The summed E-state index contributed by atoms with van der Waals surface area (Å²) in [5, 5.41) is 17.7. The van der Waals surface area contributed by atoms with Crippen molar-refractivity contribution >= 4 is 5.69 Å². The molecule has 0 aliphatic rings. The maximum Gasteiger partial charge on any atom is 0.0992 e. The molecule has 1 aromatic carbocycles. The van der Waals surface area contributed by atoms with Crippen molar-refractivity contribution in [1.29, 1.82) is 5.26 Å². The van der Waals surface area contributed by atoms with Crippen molar-refractivity contribution in [2.45, 2.75) is 0 Å². The Kier molecular flexibility index (Phi) is 4.39. The predicted octanol–water partition coefficient (Wildman–Crippen LogP) is 1.54. The van der Waals surface area contributed by atoms with Crippen molar-refractivity contribution in [3.05, 3.63) is 42.5 Å². The van der Waals surface area contributed by atoms with Gasteiger partial charge in [-0.2, -0.15) is 5.26 Å². The number of hydrogen-bond donors (Lipinski definition) is 1. The summed E-state index contributed by atoms with van der Waals surface area (Å²) < 4.78 is 0. The van der Waals surface area contributed by atoms with Crippen LogP contribution in [0.4, 0.5) is 5.69 Å². The molecule has 0 spiro atoms. The van der Waals surface area contributed by atoms with Gasteiger partial charge in [-0.1, -0.05) is 12.1 Å². The number of aliphatic hydroxyl groups is 1. The highest BCUT2D eigenvalue weighted by Crippen LogP contribution is 2.15. The number of anilines is 1. The summed E-state index contributed by atoms with van der Waals surface area (Å²) in [6, 6.07) is 9.41. The zero-order valence-corrected chi connectivity index (χ0v) is 8.56. The normalized spacial score (nSPS) is 9.33. The van der Waals surface area contributed by atoms with Crippen LogP contribution in [0.1, 0.15) is 5.56 Å². The molecular formula is C12H14N2O. The van der Waals surface area contributed by atoms with Crippen molar-refractivity contribution < 1.29 is 5.11 Å². The molecule has 1 rings (SSSR count). The van der Waals surface area contributed by atoms with Gasteiger partial charge in [0.15, 0.2) is 0 Å². The first kappa shape index (κ1) is 11.3. The van der Waals surface area contributed by atoms with Crippen LogP contribution >= 0.6 is 0 Å². The average molecular weight is 202 g/mol. The lowest BCUT2D eigenvalue weighted by Crippen LogP contribution is -2.26. The van der Waals surface area contributed by atoms with Crippen molar-refractivity contribution in [3.8, 4) is 6.07 Å². The van der Waals surface area contributed by atoms with Gasteiger partial charge in [0.2, 0.25) is 0 Å². The van der Waals surface area contributed by atoms with E-state index in [1.165, 1.54) is 0 Å². The van der Waals surface area contributed by atoms with Gasteiger partial charge >= 0.3 is 0 Å². The molecule has 0 aliphatic heterocycles. The van der Waals surface area contributed by atoms with Gasteiger partial charge in [-0.15, -0.1) is 6.58 Å². The molecule has 0 bridgehead atoms. The lowest BCUT2D eigenvalue weighted by atomic mass is 10.2. The van der Waals surface area contributed by atoms with Crippen molar-refractivity contribution in [2.24, 2.45) is 0 Å². The third-order valence-electron chi connectivity index (χ3n) is 2.06. The van der Waals surface area contributed by atoms with E-state index in [2.05, 4.69) is 12.6 Å². The first-order valence-corrected chi connectivity index (χ1v) is 4.78. The summed E-state index contributed by atoms with van der Waals surface area (Å²) in [7, 11) is 0. The summed E-state index contributed by atoms with van der Waals surface area (Å²) in [6.45, 7) is 4.96. The fourth-order valence-corrected chi connectivity index (χ4v) is 1.37. The van der Waals surface area contributed by atoms with Crippen LogP contribution in [0.5, 0.6) is 0 Å². The fourth-order valence-electron chi connectivity index (χ4n) is 1.37. The number of rotatable bonds is 5. The molecule has 1 N–H and O–H groups in total. The monoisotopic (exact) mass is 202 g/mol. The van der Waals surface area contributed by atoms with E-state index in [1.807, 2.05) is 17.0 Å². The second kappa shape index (κ2) is 5.84. The number of benzene rings is 1. The Morgan fingerprint density at radius 1 is 1.53 bits per heavy atom. The topological polar surface area (TPSA) is 47.3 Å². The Labute approximate surface area is 89.9 Å². The standard InChI is InChI=1S/C12H14N2O/c1-2-6-14(7-8-15)12-5-3-4-11(9-12)10-13/h2-5,9,15H,1,6-8H2. The minimum atomic E-state index is 0.0879. The van der Waals surface area contributed by atoms with E-state index in [4.69, 9.17) is 10.4 Å². The third kappa shape index (κ3) is 3.12. The highest BCUT2D eigenvalue weighted by atomic mass is 16.3. The molecule has 0 aliphatic carbocycles. The van der Waals surface area contributed by atoms with Crippen LogP contribution in [0.2, 0.25) is 0 Å². The molecule has 3 nitrogen and oxygen atoms in total.